The normalized spacial score (nSPS) is 18.3. The number of carbonyl (C=O) groups excluding carboxylic acids is 2. The Labute approximate surface area is 290 Å². The van der Waals surface area contributed by atoms with E-state index in [-0.39, 0.29) is 23.3 Å². The number of benzene rings is 3. The van der Waals surface area contributed by atoms with Crippen molar-refractivity contribution in [2.45, 2.75) is 56.9 Å². The average molecular weight is 698 g/mol. The van der Waals surface area contributed by atoms with Crippen molar-refractivity contribution in [2.75, 3.05) is 52.4 Å². The third kappa shape index (κ3) is 9.60. The molecule has 2 aliphatic heterocycles. The van der Waals surface area contributed by atoms with Gasteiger partial charge in [0.2, 0.25) is 11.8 Å². The third-order valence-corrected chi connectivity index (χ3v) is 10.3. The summed E-state index contributed by atoms with van der Waals surface area (Å²) >= 11 is 6.13. The molecule has 3 aromatic carbocycles. The highest BCUT2D eigenvalue weighted by atomic mass is 35.5. The van der Waals surface area contributed by atoms with Gasteiger partial charge >= 0.3 is 0 Å². The Morgan fingerprint density at radius 3 is 2.25 bits per heavy atom. The summed E-state index contributed by atoms with van der Waals surface area (Å²) in [5.74, 6) is -0.146. The Morgan fingerprint density at radius 1 is 0.979 bits per heavy atom. The van der Waals surface area contributed by atoms with Crippen LogP contribution in [0.15, 0.2) is 72.8 Å². The lowest BCUT2D eigenvalue weighted by atomic mass is 9.95. The fourth-order valence-electron chi connectivity index (χ4n) is 6.69. The quantitative estimate of drug-likeness (QED) is 0.238. The molecule has 258 valence electrons. The van der Waals surface area contributed by atoms with Gasteiger partial charge < -0.3 is 20.4 Å². The third-order valence-electron chi connectivity index (χ3n) is 9.67. The first-order valence-electron chi connectivity index (χ1n) is 16.9. The topological polar surface area (TPSA) is 67.9 Å². The van der Waals surface area contributed by atoms with E-state index in [1.54, 1.807) is 21.4 Å². The zero-order chi connectivity index (χ0) is 34.3. The molecule has 11 heteroatoms. The molecule has 0 spiro atoms. The van der Waals surface area contributed by atoms with Crippen LogP contribution in [0.3, 0.4) is 0 Å². The summed E-state index contributed by atoms with van der Waals surface area (Å²) in [6.07, 6.45) is 0.933. The monoisotopic (exact) mass is 697 g/mol. The lowest BCUT2D eigenvalue weighted by Gasteiger charge is -2.39. The molecular weight excluding hydrogens is 651 g/mol. The van der Waals surface area contributed by atoms with E-state index in [0.29, 0.717) is 50.6 Å². The Morgan fingerprint density at radius 2 is 1.62 bits per heavy atom. The summed E-state index contributed by atoms with van der Waals surface area (Å²) in [5, 5.41) is 7.04. The van der Waals surface area contributed by atoms with Crippen molar-refractivity contribution in [3.63, 3.8) is 0 Å². The van der Waals surface area contributed by atoms with E-state index < -0.39 is 17.7 Å². The highest BCUT2D eigenvalue weighted by Gasteiger charge is 2.33. The number of amides is 2. The first-order valence-corrected chi connectivity index (χ1v) is 17.8. The second-order valence-electron chi connectivity index (χ2n) is 12.9. The van der Waals surface area contributed by atoms with Gasteiger partial charge in [-0.25, -0.2) is 0 Å². The van der Waals surface area contributed by atoms with Crippen molar-refractivity contribution in [1.82, 2.24) is 25.3 Å². The number of fused-ring (bicyclic) bond motifs is 1. The van der Waals surface area contributed by atoms with Gasteiger partial charge in [0.15, 0.2) is 0 Å². The van der Waals surface area contributed by atoms with Gasteiger partial charge in [0.05, 0.1) is 6.04 Å². The maximum Gasteiger partial charge on any atom is 0.283 e. The molecule has 48 heavy (non-hydrogen) atoms. The lowest BCUT2D eigenvalue weighted by molar-refractivity contribution is -0.138. The number of carbonyl (C=O) groups is 2. The van der Waals surface area contributed by atoms with Gasteiger partial charge in [-0.15, -0.1) is 0 Å². The molecular formula is C37H47ClF2N5O2P. The SMILES string of the molecule is CCN(CC)CC(CN1CCN(C(=O)C(Cc2ccc(Cl)cc2)NC(=O)C2Cc3ccccc3CN2)CC1)c1ccc(C(F)(F)P)cc1. The highest BCUT2D eigenvalue weighted by Crippen LogP contribution is 2.35. The molecule has 1 saturated heterocycles. The van der Waals surface area contributed by atoms with Gasteiger partial charge in [0.25, 0.3) is 5.66 Å². The van der Waals surface area contributed by atoms with Crippen LogP contribution in [0.1, 0.15) is 47.6 Å². The smallest absolute Gasteiger partial charge is 0.283 e. The Balaban J connectivity index is 1.24. The Kier molecular flexibility index (Phi) is 12.6. The maximum atomic E-state index is 14.0. The van der Waals surface area contributed by atoms with Crippen LogP contribution in [0.4, 0.5) is 8.78 Å². The minimum Gasteiger partial charge on any atom is -0.343 e. The van der Waals surface area contributed by atoms with Crippen molar-refractivity contribution in [3.8, 4) is 0 Å². The van der Waals surface area contributed by atoms with E-state index in [1.807, 2.05) is 41.3 Å². The molecule has 0 aliphatic carbocycles. The van der Waals surface area contributed by atoms with Crippen molar-refractivity contribution in [3.05, 3.63) is 106 Å². The molecule has 4 atom stereocenters. The predicted octanol–water partition coefficient (Wildman–Crippen LogP) is 5.28. The van der Waals surface area contributed by atoms with Crippen LogP contribution in [0.5, 0.6) is 0 Å². The molecule has 2 heterocycles. The maximum absolute atomic E-state index is 14.0. The zero-order valence-corrected chi connectivity index (χ0v) is 29.7. The molecule has 2 amide bonds. The van der Waals surface area contributed by atoms with Gasteiger partial charge in [-0.1, -0.05) is 95.4 Å². The van der Waals surface area contributed by atoms with Crippen LogP contribution in [0, 0.1) is 0 Å². The second-order valence-corrected chi connectivity index (χ2v) is 14.0. The number of hydrogen-bond acceptors (Lipinski definition) is 5. The summed E-state index contributed by atoms with van der Waals surface area (Å²) in [6, 6.07) is 21.0. The molecule has 5 rings (SSSR count). The zero-order valence-electron chi connectivity index (χ0n) is 27.8. The van der Waals surface area contributed by atoms with E-state index in [9.17, 15) is 18.4 Å². The second kappa shape index (κ2) is 16.6. The highest BCUT2D eigenvalue weighted by molar-refractivity contribution is 7.17. The molecule has 0 bridgehead atoms. The predicted molar refractivity (Wildman–Crippen MR) is 191 cm³/mol. The molecule has 3 aromatic rings. The number of alkyl halides is 2. The molecule has 4 unspecified atom stereocenters. The van der Waals surface area contributed by atoms with E-state index in [1.165, 1.54) is 17.7 Å². The molecule has 2 N–H and O–H groups in total. The standard InChI is InChI=1S/C37H47ClF2N5O2P/c1-3-43(4-2)24-30(27-11-13-31(14-12-27)37(39,40)48)25-44-17-19-45(20-18-44)36(47)34(21-26-9-15-32(38)16-10-26)42-35(46)33-22-28-7-5-6-8-29(28)23-41-33/h5-16,30,33-34,41H,3-4,17-25,48H2,1-2H3,(H,42,46). The van der Waals surface area contributed by atoms with E-state index >= 15 is 0 Å². The summed E-state index contributed by atoms with van der Waals surface area (Å²) in [5.41, 5.74) is 1.30. The van der Waals surface area contributed by atoms with Crippen LogP contribution in [0.2, 0.25) is 5.02 Å². The molecule has 0 radical (unpaired) electrons. The fraction of sp³-hybridized carbons (Fsp3) is 0.459. The Bertz CT molecular complexity index is 1510. The number of piperazine rings is 1. The van der Waals surface area contributed by atoms with Gasteiger partial charge in [0.1, 0.15) is 6.04 Å². The van der Waals surface area contributed by atoms with Crippen molar-refractivity contribution in [2.24, 2.45) is 0 Å². The van der Waals surface area contributed by atoms with Crippen LogP contribution in [-0.2, 0) is 34.6 Å². The first-order chi connectivity index (χ1) is 23.0. The minimum absolute atomic E-state index is 0.0192. The van der Waals surface area contributed by atoms with E-state index in [0.717, 1.165) is 42.9 Å². The molecule has 2 aliphatic rings. The molecule has 1 fully saturated rings. The van der Waals surface area contributed by atoms with Crippen molar-refractivity contribution < 1.29 is 18.4 Å². The van der Waals surface area contributed by atoms with Crippen molar-refractivity contribution >= 4 is 32.7 Å². The minimum atomic E-state index is -2.96. The van der Waals surface area contributed by atoms with Crippen molar-refractivity contribution in [1.29, 1.82) is 0 Å². The van der Waals surface area contributed by atoms with E-state index in [2.05, 4.69) is 46.4 Å². The summed E-state index contributed by atoms with van der Waals surface area (Å²) < 4.78 is 27.8. The number of nitrogens with one attached hydrogen (secondary N) is 2. The summed E-state index contributed by atoms with van der Waals surface area (Å²) in [7, 11) is 1.61. The first kappa shape index (κ1) is 36.3. The van der Waals surface area contributed by atoms with Gasteiger partial charge in [0, 0.05) is 68.7 Å². The van der Waals surface area contributed by atoms with Crippen LogP contribution < -0.4 is 10.6 Å². The van der Waals surface area contributed by atoms with Crippen LogP contribution in [-0.4, -0.2) is 91.0 Å². The van der Waals surface area contributed by atoms with Gasteiger partial charge in [-0.3, -0.25) is 14.5 Å². The molecule has 7 nitrogen and oxygen atoms in total. The number of hydrogen-bond donors (Lipinski definition) is 2. The number of likely N-dealkylation sites (N-methyl/N-ethyl adjacent to an activating group) is 1. The molecule has 0 aromatic heterocycles. The number of halogens is 3. The number of rotatable bonds is 13. The lowest BCUT2D eigenvalue weighted by Crippen LogP contribution is -2.58. The van der Waals surface area contributed by atoms with Crippen LogP contribution in [0.25, 0.3) is 0 Å². The van der Waals surface area contributed by atoms with Crippen LogP contribution >= 0.6 is 20.8 Å². The summed E-state index contributed by atoms with van der Waals surface area (Å²) in [6.45, 7) is 10.7. The van der Waals surface area contributed by atoms with E-state index in [4.69, 9.17) is 11.6 Å². The number of nitrogens with zero attached hydrogens (tertiary/aromatic N) is 3. The molecule has 0 saturated carbocycles. The summed E-state index contributed by atoms with van der Waals surface area (Å²) in [4.78, 5) is 34.2. The van der Waals surface area contributed by atoms with Gasteiger partial charge in [-0.05, 0) is 53.9 Å². The van der Waals surface area contributed by atoms with Gasteiger partial charge in [-0.2, -0.15) is 8.78 Å². The largest absolute Gasteiger partial charge is 0.343 e. The fourth-order valence-corrected chi connectivity index (χ4v) is 7.01. The average Bonchev–Trinajstić information content (AvgIpc) is 3.10. The Hall–Kier alpha value is -2.94.